The van der Waals surface area contributed by atoms with Crippen LogP contribution in [-0.2, 0) is 11.2 Å². The number of carbonyl (C=O) groups is 1. The van der Waals surface area contributed by atoms with Gasteiger partial charge >= 0.3 is 0 Å². The second-order valence-electron chi connectivity index (χ2n) is 5.42. The van der Waals surface area contributed by atoms with Crippen molar-refractivity contribution in [2.45, 2.75) is 26.7 Å². The molecule has 2 N–H and O–H groups in total. The summed E-state index contributed by atoms with van der Waals surface area (Å²) < 4.78 is 1.28. The zero-order valence-corrected chi connectivity index (χ0v) is 13.0. The van der Waals surface area contributed by atoms with E-state index in [0.29, 0.717) is 23.5 Å². The highest BCUT2D eigenvalue weighted by Gasteiger charge is 2.13. The number of hydrogen-bond donors (Lipinski definition) is 2. The first kappa shape index (κ1) is 15.0. The van der Waals surface area contributed by atoms with Gasteiger partial charge in [0, 0.05) is 17.7 Å². The number of nitrogens with zero attached hydrogens (tertiary/aromatic N) is 3. The second kappa shape index (κ2) is 6.04. The van der Waals surface area contributed by atoms with Gasteiger partial charge in [0.15, 0.2) is 0 Å². The minimum atomic E-state index is -0.214. The Labute approximate surface area is 132 Å². The monoisotopic (exact) mass is 311 g/mol. The molecule has 0 unspecified atom stereocenters. The number of carbonyl (C=O) groups excluding carboxylic acids is 1. The van der Waals surface area contributed by atoms with Gasteiger partial charge in [-0.15, -0.1) is 0 Å². The van der Waals surface area contributed by atoms with Crippen molar-refractivity contribution in [3.63, 3.8) is 0 Å². The summed E-state index contributed by atoms with van der Waals surface area (Å²) in [6.07, 6.45) is 1.96. The van der Waals surface area contributed by atoms with E-state index in [1.54, 1.807) is 6.92 Å². The molecule has 0 aliphatic carbocycles. The maximum absolute atomic E-state index is 12.3. The van der Waals surface area contributed by atoms with Crippen LogP contribution in [-0.4, -0.2) is 25.5 Å². The Morgan fingerprint density at radius 3 is 2.96 bits per heavy atom. The molecule has 1 aromatic carbocycles. The molecule has 118 valence electrons. The molecule has 1 amide bonds. The van der Waals surface area contributed by atoms with Crippen LogP contribution >= 0.6 is 0 Å². The summed E-state index contributed by atoms with van der Waals surface area (Å²) >= 11 is 0. The molecule has 3 rings (SSSR count). The van der Waals surface area contributed by atoms with E-state index in [1.165, 1.54) is 10.8 Å². The average Bonchev–Trinajstić information content (AvgIpc) is 2.95. The molecule has 0 spiro atoms. The first-order chi connectivity index (χ1) is 11.0. The predicted molar refractivity (Wildman–Crippen MR) is 86.5 cm³/mol. The van der Waals surface area contributed by atoms with E-state index in [0.717, 1.165) is 11.3 Å². The molecule has 0 aliphatic heterocycles. The summed E-state index contributed by atoms with van der Waals surface area (Å²) in [6.45, 7) is 3.72. The Morgan fingerprint density at radius 1 is 1.35 bits per heavy atom. The fourth-order valence-corrected chi connectivity index (χ4v) is 2.47. The summed E-state index contributed by atoms with van der Waals surface area (Å²) in [5.41, 5.74) is 2.74. The molecule has 0 saturated carbocycles. The standard InChI is InChI=1S/C16H17N5O2/c1-10-4-3-5-12(8-10)20-14(22)7-6-13-11(2)19-16-17-9-18-21(16)15(13)23/h3-5,8-9H,6-7H2,1-2H3,(H,20,22)(H,17,18,19). The van der Waals surface area contributed by atoms with Gasteiger partial charge in [-0.25, -0.2) is 9.97 Å². The molecule has 0 saturated heterocycles. The van der Waals surface area contributed by atoms with Gasteiger partial charge in [-0.2, -0.15) is 4.52 Å². The largest absolute Gasteiger partial charge is 0.326 e. The molecule has 0 atom stereocenters. The van der Waals surface area contributed by atoms with Gasteiger partial charge in [-0.1, -0.05) is 12.1 Å². The molecule has 2 heterocycles. The zero-order chi connectivity index (χ0) is 16.4. The lowest BCUT2D eigenvalue weighted by Gasteiger charge is -2.07. The maximum atomic E-state index is 12.3. The van der Waals surface area contributed by atoms with E-state index in [4.69, 9.17) is 0 Å². The van der Waals surface area contributed by atoms with Crippen LogP contribution in [0.1, 0.15) is 23.2 Å². The van der Waals surface area contributed by atoms with Crippen LogP contribution in [0.5, 0.6) is 0 Å². The van der Waals surface area contributed by atoms with Crippen molar-refractivity contribution in [2.24, 2.45) is 0 Å². The van der Waals surface area contributed by atoms with Crippen molar-refractivity contribution in [1.29, 1.82) is 0 Å². The van der Waals surface area contributed by atoms with E-state index in [-0.39, 0.29) is 17.9 Å². The highest BCUT2D eigenvalue weighted by molar-refractivity contribution is 5.90. The Hall–Kier alpha value is -2.96. The SMILES string of the molecule is Cc1cccc(NC(=O)CCc2c(C)nc3nc[nH]n3c2=O)c1. The minimum Gasteiger partial charge on any atom is -0.326 e. The van der Waals surface area contributed by atoms with Gasteiger partial charge in [-0.05, 0) is 38.0 Å². The summed E-state index contributed by atoms with van der Waals surface area (Å²) in [5.74, 6) is 0.199. The molecule has 0 radical (unpaired) electrons. The zero-order valence-electron chi connectivity index (χ0n) is 13.0. The van der Waals surface area contributed by atoms with Crippen molar-refractivity contribution in [2.75, 3.05) is 5.32 Å². The quantitative estimate of drug-likeness (QED) is 0.765. The van der Waals surface area contributed by atoms with E-state index >= 15 is 0 Å². The van der Waals surface area contributed by atoms with E-state index in [9.17, 15) is 9.59 Å². The first-order valence-electron chi connectivity index (χ1n) is 7.33. The Bertz CT molecular complexity index is 926. The molecular formula is C16H17N5O2. The third-order valence-electron chi connectivity index (χ3n) is 3.64. The molecule has 2 aromatic heterocycles. The van der Waals surface area contributed by atoms with E-state index in [2.05, 4.69) is 20.4 Å². The number of rotatable bonds is 4. The number of hydrogen-bond acceptors (Lipinski definition) is 4. The number of nitrogens with one attached hydrogen (secondary N) is 2. The smallest absolute Gasteiger partial charge is 0.277 e. The van der Waals surface area contributed by atoms with Crippen LogP contribution in [0, 0.1) is 13.8 Å². The van der Waals surface area contributed by atoms with Gasteiger partial charge < -0.3 is 5.32 Å². The fourth-order valence-electron chi connectivity index (χ4n) is 2.47. The number of benzene rings is 1. The number of amides is 1. The van der Waals surface area contributed by atoms with E-state index in [1.807, 2.05) is 31.2 Å². The minimum absolute atomic E-state index is 0.135. The summed E-state index contributed by atoms with van der Waals surface area (Å²) in [6, 6.07) is 7.59. The molecule has 23 heavy (non-hydrogen) atoms. The molecule has 7 nitrogen and oxygen atoms in total. The van der Waals surface area contributed by atoms with Gasteiger partial charge in [-0.3, -0.25) is 14.7 Å². The Morgan fingerprint density at radius 2 is 2.17 bits per heavy atom. The summed E-state index contributed by atoms with van der Waals surface area (Å²) in [4.78, 5) is 32.6. The third-order valence-corrected chi connectivity index (χ3v) is 3.64. The number of aromatic nitrogens is 4. The van der Waals surface area contributed by atoms with Crippen LogP contribution in [0.2, 0.25) is 0 Å². The third kappa shape index (κ3) is 3.13. The van der Waals surface area contributed by atoms with Crippen molar-refractivity contribution >= 4 is 17.4 Å². The topological polar surface area (TPSA) is 92.2 Å². The van der Waals surface area contributed by atoms with Gasteiger partial charge in [0.05, 0.1) is 5.69 Å². The average molecular weight is 311 g/mol. The lowest BCUT2D eigenvalue weighted by atomic mass is 10.1. The number of fused-ring (bicyclic) bond motifs is 1. The lowest BCUT2D eigenvalue weighted by Crippen LogP contribution is -2.23. The fraction of sp³-hybridized carbons (Fsp3) is 0.250. The van der Waals surface area contributed by atoms with Gasteiger partial charge in [0.2, 0.25) is 5.91 Å². The van der Waals surface area contributed by atoms with Crippen molar-refractivity contribution in [1.82, 2.24) is 19.6 Å². The Balaban J connectivity index is 1.73. The first-order valence-corrected chi connectivity index (χ1v) is 7.33. The molecule has 7 heteroatoms. The molecule has 3 aromatic rings. The molecule has 0 bridgehead atoms. The molecule has 0 fully saturated rings. The number of H-pyrrole nitrogens is 1. The second-order valence-corrected chi connectivity index (χ2v) is 5.42. The molecule has 0 aliphatic rings. The summed E-state index contributed by atoms with van der Waals surface area (Å²) in [7, 11) is 0. The number of aromatic amines is 1. The number of aryl methyl sites for hydroxylation is 2. The van der Waals surface area contributed by atoms with Crippen molar-refractivity contribution < 1.29 is 4.79 Å². The lowest BCUT2D eigenvalue weighted by molar-refractivity contribution is -0.116. The van der Waals surface area contributed by atoms with Crippen LogP contribution in [0.4, 0.5) is 5.69 Å². The normalized spacial score (nSPS) is 10.9. The van der Waals surface area contributed by atoms with Crippen molar-refractivity contribution in [3.05, 3.63) is 57.8 Å². The van der Waals surface area contributed by atoms with E-state index < -0.39 is 0 Å². The highest BCUT2D eigenvalue weighted by Crippen LogP contribution is 2.11. The van der Waals surface area contributed by atoms with Crippen LogP contribution < -0.4 is 10.9 Å². The Kier molecular flexibility index (Phi) is 3.92. The summed E-state index contributed by atoms with van der Waals surface area (Å²) in [5, 5.41) is 5.55. The maximum Gasteiger partial charge on any atom is 0.277 e. The molecular weight excluding hydrogens is 294 g/mol. The van der Waals surface area contributed by atoms with Gasteiger partial charge in [0.25, 0.3) is 11.3 Å². The highest BCUT2D eigenvalue weighted by atomic mass is 16.1. The van der Waals surface area contributed by atoms with Crippen molar-refractivity contribution in [3.8, 4) is 0 Å². The van der Waals surface area contributed by atoms with Gasteiger partial charge in [0.1, 0.15) is 6.33 Å². The van der Waals surface area contributed by atoms with Crippen LogP contribution in [0.15, 0.2) is 35.4 Å². The number of anilines is 1. The van der Waals surface area contributed by atoms with Crippen LogP contribution in [0.3, 0.4) is 0 Å². The van der Waals surface area contributed by atoms with Crippen LogP contribution in [0.25, 0.3) is 5.78 Å². The predicted octanol–water partition coefficient (Wildman–Crippen LogP) is 1.61.